The van der Waals surface area contributed by atoms with Crippen molar-refractivity contribution >= 4 is 36.8 Å². The Morgan fingerprint density at radius 2 is 1.91 bits per heavy atom. The lowest BCUT2D eigenvalue weighted by Crippen LogP contribution is -2.43. The monoisotopic (exact) mass is 509 g/mol. The van der Waals surface area contributed by atoms with E-state index < -0.39 is 26.3 Å². The van der Waals surface area contributed by atoms with E-state index >= 15 is 0 Å². The first-order chi connectivity index (χ1) is 15.7. The van der Waals surface area contributed by atoms with Crippen molar-refractivity contribution in [3.63, 3.8) is 0 Å². The molecule has 1 aromatic carbocycles. The number of rotatable bonds is 5. The highest BCUT2D eigenvalue weighted by molar-refractivity contribution is 6.74. The summed E-state index contributed by atoms with van der Waals surface area (Å²) in [4.78, 5) is 14.7. The van der Waals surface area contributed by atoms with Gasteiger partial charge in [0.05, 0.1) is 5.52 Å². The molecular formula is C23H30ClF2N5O2Si. The Hall–Kier alpha value is -2.30. The maximum atomic E-state index is 14.2. The zero-order valence-electron chi connectivity index (χ0n) is 20.2. The van der Waals surface area contributed by atoms with Gasteiger partial charge < -0.3 is 14.4 Å². The quantitative estimate of drug-likeness (QED) is 0.331. The topological polar surface area (TPSA) is 76.3 Å². The Morgan fingerprint density at radius 1 is 1.21 bits per heavy atom. The number of hydrogen-bond acceptors (Lipinski definition) is 6. The van der Waals surface area contributed by atoms with Crippen molar-refractivity contribution in [3.05, 3.63) is 35.2 Å². The Morgan fingerprint density at radius 3 is 2.50 bits per heavy atom. The van der Waals surface area contributed by atoms with E-state index in [-0.39, 0.29) is 16.1 Å². The van der Waals surface area contributed by atoms with Crippen LogP contribution in [0.15, 0.2) is 24.3 Å². The number of imidazole rings is 1. The van der Waals surface area contributed by atoms with Gasteiger partial charge in [0.1, 0.15) is 28.0 Å². The molecule has 3 heterocycles. The van der Waals surface area contributed by atoms with Gasteiger partial charge in [0.2, 0.25) is 5.95 Å². The molecule has 1 aliphatic rings. The van der Waals surface area contributed by atoms with Crippen molar-refractivity contribution in [2.45, 2.75) is 70.8 Å². The minimum Gasteiger partial charge on any atom is -0.542 e. The molecule has 4 rings (SSSR count). The van der Waals surface area contributed by atoms with Crippen molar-refractivity contribution in [3.8, 4) is 11.7 Å². The number of anilines is 1. The minimum absolute atomic E-state index is 0.0347. The zero-order chi connectivity index (χ0) is 25.1. The standard InChI is InChI=1S/C23H30ClF2N5O2Si/c1-22(2,3)34(5,6)33-15-10-7-9-14-18(15)29-20(19(25)26)31(14)21-27-16(24)13-17(28-21)30-12-8-11-23(30,4)32/h7,9-10,13,19,32H,8,11-12H2,1-6H3. The Balaban J connectivity index is 1.89. The number of halogens is 3. The fourth-order valence-electron chi connectivity index (χ4n) is 3.90. The molecule has 1 fully saturated rings. The largest absolute Gasteiger partial charge is 0.542 e. The Labute approximate surface area is 203 Å². The summed E-state index contributed by atoms with van der Waals surface area (Å²) < 4.78 is 36.0. The van der Waals surface area contributed by atoms with E-state index in [0.29, 0.717) is 35.6 Å². The van der Waals surface area contributed by atoms with E-state index in [1.807, 2.05) is 0 Å². The molecule has 1 atom stereocenters. The third-order valence-electron chi connectivity index (χ3n) is 6.80. The minimum atomic E-state index is -2.88. The predicted octanol–water partition coefficient (Wildman–Crippen LogP) is 6.10. The molecule has 7 nitrogen and oxygen atoms in total. The molecule has 3 aromatic rings. The SMILES string of the molecule is CC1(O)CCCN1c1cc(Cl)nc(-n2c(C(F)F)nc3c(O[Si](C)(C)C(C)(C)C)cccc32)n1. The van der Waals surface area contributed by atoms with Crippen molar-refractivity contribution < 1.29 is 18.3 Å². The number of benzene rings is 1. The van der Waals surface area contributed by atoms with Gasteiger partial charge in [0, 0.05) is 12.6 Å². The molecule has 1 aliphatic heterocycles. The van der Waals surface area contributed by atoms with Crippen molar-refractivity contribution in [1.29, 1.82) is 0 Å². The van der Waals surface area contributed by atoms with E-state index in [4.69, 9.17) is 16.0 Å². The Bertz CT molecular complexity index is 1230. The summed E-state index contributed by atoms with van der Waals surface area (Å²) in [6.45, 7) is 12.8. The number of alkyl halides is 2. The zero-order valence-corrected chi connectivity index (χ0v) is 22.0. The number of fused-ring (bicyclic) bond motifs is 1. The van der Waals surface area contributed by atoms with Gasteiger partial charge >= 0.3 is 0 Å². The fraction of sp³-hybridized carbons (Fsp3) is 0.522. The van der Waals surface area contributed by atoms with Gasteiger partial charge in [-0.1, -0.05) is 38.4 Å². The van der Waals surface area contributed by atoms with Crippen LogP contribution in [0.25, 0.3) is 17.0 Å². The lowest BCUT2D eigenvalue weighted by Gasteiger charge is -2.36. The highest BCUT2D eigenvalue weighted by Gasteiger charge is 2.40. The van der Waals surface area contributed by atoms with Crippen LogP contribution in [0, 0.1) is 0 Å². The van der Waals surface area contributed by atoms with Gasteiger partial charge in [-0.05, 0) is 50.0 Å². The number of aliphatic hydroxyl groups is 1. The summed E-state index contributed by atoms with van der Waals surface area (Å²) >= 11 is 6.29. The van der Waals surface area contributed by atoms with Crippen LogP contribution in [0.1, 0.15) is 52.8 Å². The smallest absolute Gasteiger partial charge is 0.296 e. The van der Waals surface area contributed by atoms with Gasteiger partial charge in [0.25, 0.3) is 14.7 Å². The van der Waals surface area contributed by atoms with E-state index in [9.17, 15) is 13.9 Å². The fourth-order valence-corrected chi connectivity index (χ4v) is 5.09. The summed E-state index contributed by atoms with van der Waals surface area (Å²) in [7, 11) is -2.25. The highest BCUT2D eigenvalue weighted by Crippen LogP contribution is 2.40. The average molecular weight is 510 g/mol. The number of nitrogens with zero attached hydrogens (tertiary/aromatic N) is 5. The maximum Gasteiger partial charge on any atom is 0.296 e. The van der Waals surface area contributed by atoms with Crippen LogP contribution in [0.3, 0.4) is 0 Å². The van der Waals surface area contributed by atoms with Crippen LogP contribution in [0.4, 0.5) is 14.6 Å². The van der Waals surface area contributed by atoms with Gasteiger partial charge in [-0.3, -0.25) is 4.57 Å². The molecule has 0 amide bonds. The van der Waals surface area contributed by atoms with Gasteiger partial charge in [-0.2, -0.15) is 4.98 Å². The molecule has 0 saturated carbocycles. The van der Waals surface area contributed by atoms with E-state index in [2.05, 4.69) is 48.8 Å². The number of para-hydroxylation sites is 1. The molecule has 1 saturated heterocycles. The van der Waals surface area contributed by atoms with Crippen molar-refractivity contribution in [2.75, 3.05) is 11.4 Å². The van der Waals surface area contributed by atoms with Gasteiger partial charge in [-0.25, -0.2) is 18.7 Å². The summed E-state index contributed by atoms with van der Waals surface area (Å²) in [5.41, 5.74) is -0.393. The third kappa shape index (κ3) is 4.38. The van der Waals surface area contributed by atoms with E-state index in [1.165, 1.54) is 10.6 Å². The third-order valence-corrected chi connectivity index (χ3v) is 11.3. The second-order valence-electron chi connectivity index (χ2n) is 10.4. The summed E-state index contributed by atoms with van der Waals surface area (Å²) in [6, 6.07) is 6.71. The molecule has 1 unspecified atom stereocenters. The first kappa shape index (κ1) is 24.8. The van der Waals surface area contributed by atoms with Crippen LogP contribution in [-0.2, 0) is 0 Å². The maximum absolute atomic E-state index is 14.2. The predicted molar refractivity (Wildman–Crippen MR) is 132 cm³/mol. The van der Waals surface area contributed by atoms with Crippen LogP contribution in [0.2, 0.25) is 23.3 Å². The summed E-state index contributed by atoms with van der Waals surface area (Å²) in [5, 5.41) is 10.7. The van der Waals surface area contributed by atoms with Gasteiger partial charge in [-0.15, -0.1) is 0 Å². The summed E-state index contributed by atoms with van der Waals surface area (Å²) in [6.07, 6.45) is -1.54. The average Bonchev–Trinajstić information content (AvgIpc) is 3.27. The van der Waals surface area contributed by atoms with E-state index in [1.54, 1.807) is 30.0 Å². The lowest BCUT2D eigenvalue weighted by atomic mass is 10.2. The molecule has 184 valence electrons. The normalized spacial score (nSPS) is 19.4. The molecule has 34 heavy (non-hydrogen) atoms. The number of aromatic nitrogens is 4. The molecule has 0 bridgehead atoms. The highest BCUT2D eigenvalue weighted by atomic mass is 35.5. The molecule has 0 spiro atoms. The van der Waals surface area contributed by atoms with Crippen molar-refractivity contribution in [2.24, 2.45) is 0 Å². The molecule has 0 radical (unpaired) electrons. The molecule has 11 heteroatoms. The van der Waals surface area contributed by atoms with Crippen LogP contribution < -0.4 is 9.33 Å². The second kappa shape index (κ2) is 8.42. The first-order valence-electron chi connectivity index (χ1n) is 11.2. The summed E-state index contributed by atoms with van der Waals surface area (Å²) in [5.74, 6) is 0.290. The molecule has 1 N–H and O–H groups in total. The lowest BCUT2D eigenvalue weighted by molar-refractivity contribution is 0.0707. The first-order valence-corrected chi connectivity index (χ1v) is 14.5. The van der Waals surface area contributed by atoms with Crippen LogP contribution in [-0.4, -0.2) is 45.2 Å². The van der Waals surface area contributed by atoms with Gasteiger partial charge in [0.15, 0.2) is 5.82 Å². The molecule has 0 aliphatic carbocycles. The van der Waals surface area contributed by atoms with Crippen molar-refractivity contribution in [1.82, 2.24) is 19.5 Å². The number of hydrogen-bond donors (Lipinski definition) is 1. The second-order valence-corrected chi connectivity index (χ2v) is 15.5. The van der Waals surface area contributed by atoms with E-state index in [0.717, 1.165) is 6.42 Å². The van der Waals surface area contributed by atoms with Crippen LogP contribution in [0.5, 0.6) is 5.75 Å². The Kier molecular flexibility index (Phi) is 6.15. The molecule has 2 aromatic heterocycles. The molecular weight excluding hydrogens is 480 g/mol. The van der Waals surface area contributed by atoms with Crippen LogP contribution >= 0.6 is 11.6 Å².